The molecule has 2 aromatic carbocycles. The lowest BCUT2D eigenvalue weighted by Gasteiger charge is -2.07. The SMILES string of the molecule is O=Cc1cccc(OCC(=O)Nc2ccccc2)c1. The molecule has 0 unspecified atom stereocenters. The van der Waals surface area contributed by atoms with E-state index in [4.69, 9.17) is 4.74 Å². The summed E-state index contributed by atoms with van der Waals surface area (Å²) >= 11 is 0. The maximum absolute atomic E-state index is 11.6. The summed E-state index contributed by atoms with van der Waals surface area (Å²) in [7, 11) is 0. The van der Waals surface area contributed by atoms with Gasteiger partial charge in [0.25, 0.3) is 5.91 Å². The van der Waals surface area contributed by atoms with E-state index in [1.54, 1.807) is 36.4 Å². The van der Waals surface area contributed by atoms with Crippen molar-refractivity contribution in [3.05, 3.63) is 60.2 Å². The molecule has 4 heteroatoms. The second kappa shape index (κ2) is 6.35. The summed E-state index contributed by atoms with van der Waals surface area (Å²) in [6.07, 6.45) is 0.733. The average molecular weight is 255 g/mol. The van der Waals surface area contributed by atoms with E-state index in [0.29, 0.717) is 11.3 Å². The van der Waals surface area contributed by atoms with Crippen LogP contribution in [0.25, 0.3) is 0 Å². The topological polar surface area (TPSA) is 55.4 Å². The summed E-state index contributed by atoms with van der Waals surface area (Å²) in [5.74, 6) is 0.246. The fourth-order valence-corrected chi connectivity index (χ4v) is 1.55. The molecule has 19 heavy (non-hydrogen) atoms. The van der Waals surface area contributed by atoms with Crippen LogP contribution in [-0.2, 0) is 4.79 Å². The van der Waals surface area contributed by atoms with Crippen molar-refractivity contribution >= 4 is 17.9 Å². The predicted molar refractivity (Wildman–Crippen MR) is 72.4 cm³/mol. The zero-order valence-corrected chi connectivity index (χ0v) is 10.2. The Bertz CT molecular complexity index is 567. The summed E-state index contributed by atoms with van der Waals surface area (Å²) in [5.41, 5.74) is 1.23. The van der Waals surface area contributed by atoms with Gasteiger partial charge in [0, 0.05) is 11.3 Å². The van der Waals surface area contributed by atoms with E-state index in [0.717, 1.165) is 12.0 Å². The zero-order chi connectivity index (χ0) is 13.5. The lowest BCUT2D eigenvalue weighted by Crippen LogP contribution is -2.20. The molecule has 2 aromatic rings. The van der Waals surface area contributed by atoms with Gasteiger partial charge in [0.15, 0.2) is 6.61 Å². The Balaban J connectivity index is 1.88. The van der Waals surface area contributed by atoms with E-state index in [1.165, 1.54) is 0 Å². The van der Waals surface area contributed by atoms with Crippen LogP contribution in [0.5, 0.6) is 5.75 Å². The highest BCUT2D eigenvalue weighted by molar-refractivity contribution is 5.91. The first-order valence-electron chi connectivity index (χ1n) is 5.81. The van der Waals surface area contributed by atoms with Gasteiger partial charge in [-0.1, -0.05) is 30.3 Å². The lowest BCUT2D eigenvalue weighted by atomic mass is 10.2. The summed E-state index contributed by atoms with van der Waals surface area (Å²) in [4.78, 5) is 22.2. The van der Waals surface area contributed by atoms with E-state index in [-0.39, 0.29) is 12.5 Å². The highest BCUT2D eigenvalue weighted by Gasteiger charge is 2.03. The molecule has 0 aromatic heterocycles. The Morgan fingerprint density at radius 1 is 1.11 bits per heavy atom. The van der Waals surface area contributed by atoms with Gasteiger partial charge in [-0.3, -0.25) is 9.59 Å². The van der Waals surface area contributed by atoms with E-state index in [2.05, 4.69) is 5.32 Å². The number of carbonyl (C=O) groups is 2. The number of aldehydes is 1. The van der Waals surface area contributed by atoms with E-state index in [9.17, 15) is 9.59 Å². The standard InChI is InChI=1S/C15H13NO3/c17-10-12-5-4-8-14(9-12)19-11-15(18)16-13-6-2-1-3-7-13/h1-10H,11H2,(H,16,18). The Labute approximate surface area is 111 Å². The van der Waals surface area contributed by atoms with Crippen LogP contribution in [0.1, 0.15) is 10.4 Å². The Hall–Kier alpha value is -2.62. The molecule has 0 atom stereocenters. The minimum Gasteiger partial charge on any atom is -0.484 e. The van der Waals surface area contributed by atoms with Crippen LogP contribution in [0.4, 0.5) is 5.69 Å². The molecule has 0 aliphatic heterocycles. The normalized spacial score (nSPS) is 9.68. The van der Waals surface area contributed by atoms with Gasteiger partial charge in [0.05, 0.1) is 0 Å². The number of rotatable bonds is 5. The number of hydrogen-bond donors (Lipinski definition) is 1. The van der Waals surface area contributed by atoms with Gasteiger partial charge in [-0.05, 0) is 24.3 Å². The fraction of sp³-hybridized carbons (Fsp3) is 0.0667. The van der Waals surface area contributed by atoms with E-state index >= 15 is 0 Å². The number of benzene rings is 2. The average Bonchev–Trinajstić information content (AvgIpc) is 2.46. The molecule has 4 nitrogen and oxygen atoms in total. The lowest BCUT2D eigenvalue weighted by molar-refractivity contribution is -0.118. The largest absolute Gasteiger partial charge is 0.484 e. The van der Waals surface area contributed by atoms with Crippen LogP contribution in [0, 0.1) is 0 Å². The molecule has 0 saturated heterocycles. The molecule has 96 valence electrons. The molecule has 0 fully saturated rings. The number of ether oxygens (including phenoxy) is 1. The molecule has 0 heterocycles. The predicted octanol–water partition coefficient (Wildman–Crippen LogP) is 2.52. The second-order valence-electron chi connectivity index (χ2n) is 3.89. The minimum atomic E-state index is -0.247. The summed E-state index contributed by atoms with van der Waals surface area (Å²) < 4.78 is 5.31. The van der Waals surface area contributed by atoms with Crippen LogP contribution < -0.4 is 10.1 Å². The molecule has 2 rings (SSSR count). The first-order chi connectivity index (χ1) is 9.28. The van der Waals surface area contributed by atoms with Crippen molar-refractivity contribution in [2.75, 3.05) is 11.9 Å². The number of para-hydroxylation sites is 1. The smallest absolute Gasteiger partial charge is 0.262 e. The highest BCUT2D eigenvalue weighted by Crippen LogP contribution is 2.12. The van der Waals surface area contributed by atoms with Crippen LogP contribution in [-0.4, -0.2) is 18.8 Å². The molecule has 0 spiro atoms. The summed E-state index contributed by atoms with van der Waals surface area (Å²) in [6, 6.07) is 15.8. The molecule has 0 aliphatic carbocycles. The third-order valence-corrected chi connectivity index (χ3v) is 2.42. The second-order valence-corrected chi connectivity index (χ2v) is 3.89. The van der Waals surface area contributed by atoms with Crippen molar-refractivity contribution < 1.29 is 14.3 Å². The third-order valence-electron chi connectivity index (χ3n) is 2.42. The van der Waals surface area contributed by atoms with Crippen LogP contribution in [0.2, 0.25) is 0 Å². The number of carbonyl (C=O) groups excluding carboxylic acids is 2. The molecular weight excluding hydrogens is 242 g/mol. The number of hydrogen-bond acceptors (Lipinski definition) is 3. The first-order valence-corrected chi connectivity index (χ1v) is 5.81. The van der Waals surface area contributed by atoms with Crippen molar-refractivity contribution in [3.8, 4) is 5.75 Å². The molecular formula is C15H13NO3. The fourth-order valence-electron chi connectivity index (χ4n) is 1.55. The van der Waals surface area contributed by atoms with E-state index < -0.39 is 0 Å². The maximum Gasteiger partial charge on any atom is 0.262 e. The zero-order valence-electron chi connectivity index (χ0n) is 10.2. The quantitative estimate of drug-likeness (QED) is 0.835. The molecule has 0 bridgehead atoms. The van der Waals surface area contributed by atoms with Crippen molar-refractivity contribution in [1.29, 1.82) is 0 Å². The highest BCUT2D eigenvalue weighted by atomic mass is 16.5. The van der Waals surface area contributed by atoms with Gasteiger partial charge >= 0.3 is 0 Å². The Kier molecular flexibility index (Phi) is 4.29. The summed E-state index contributed by atoms with van der Waals surface area (Å²) in [5, 5.41) is 2.71. The van der Waals surface area contributed by atoms with Gasteiger partial charge in [0.1, 0.15) is 12.0 Å². The van der Waals surface area contributed by atoms with Crippen LogP contribution in [0.15, 0.2) is 54.6 Å². The maximum atomic E-state index is 11.6. The van der Waals surface area contributed by atoms with Crippen LogP contribution >= 0.6 is 0 Å². The van der Waals surface area contributed by atoms with Gasteiger partial charge in [0.2, 0.25) is 0 Å². The van der Waals surface area contributed by atoms with Crippen molar-refractivity contribution in [3.63, 3.8) is 0 Å². The monoisotopic (exact) mass is 255 g/mol. The molecule has 0 aliphatic rings. The number of nitrogens with one attached hydrogen (secondary N) is 1. The molecule has 0 saturated carbocycles. The first kappa shape index (κ1) is 12.8. The van der Waals surface area contributed by atoms with Gasteiger partial charge < -0.3 is 10.1 Å². The number of amides is 1. The van der Waals surface area contributed by atoms with Gasteiger partial charge in [-0.2, -0.15) is 0 Å². The number of anilines is 1. The minimum absolute atomic E-state index is 0.1000. The molecule has 0 radical (unpaired) electrons. The van der Waals surface area contributed by atoms with E-state index in [1.807, 2.05) is 18.2 Å². The van der Waals surface area contributed by atoms with Crippen molar-refractivity contribution in [2.24, 2.45) is 0 Å². The Morgan fingerprint density at radius 3 is 2.63 bits per heavy atom. The van der Waals surface area contributed by atoms with Gasteiger partial charge in [-0.15, -0.1) is 0 Å². The van der Waals surface area contributed by atoms with Crippen molar-refractivity contribution in [1.82, 2.24) is 0 Å². The van der Waals surface area contributed by atoms with Gasteiger partial charge in [-0.25, -0.2) is 0 Å². The summed E-state index contributed by atoms with van der Waals surface area (Å²) in [6.45, 7) is -0.1000. The molecule has 1 amide bonds. The molecule has 1 N–H and O–H groups in total. The Morgan fingerprint density at radius 2 is 1.89 bits per heavy atom. The van der Waals surface area contributed by atoms with Crippen molar-refractivity contribution in [2.45, 2.75) is 0 Å². The third kappa shape index (κ3) is 3.96. The van der Waals surface area contributed by atoms with Crippen LogP contribution in [0.3, 0.4) is 0 Å².